The third-order valence-corrected chi connectivity index (χ3v) is 3.37. The zero-order valence-electron chi connectivity index (χ0n) is 11.2. The first-order valence-electron chi connectivity index (χ1n) is 6.52. The summed E-state index contributed by atoms with van der Waals surface area (Å²) in [5, 5.41) is 9.15. The first-order chi connectivity index (χ1) is 10.4. The largest absolute Gasteiger partial charge is 0.326 e. The molecule has 0 saturated heterocycles. The molecular formula is C16H14N4S. The summed E-state index contributed by atoms with van der Waals surface area (Å²) in [7, 11) is 0. The summed E-state index contributed by atoms with van der Waals surface area (Å²) in [6.45, 7) is 0. The molecule has 0 saturated carbocycles. The van der Waals surface area contributed by atoms with Crippen molar-refractivity contribution in [1.82, 2.24) is 4.98 Å². The zero-order chi connectivity index (χ0) is 14.3. The van der Waals surface area contributed by atoms with E-state index in [4.69, 9.17) is 0 Å². The van der Waals surface area contributed by atoms with Crippen molar-refractivity contribution in [3.8, 4) is 0 Å². The topological polar surface area (TPSA) is 49.3 Å². The van der Waals surface area contributed by atoms with Crippen molar-refractivity contribution in [3.63, 3.8) is 0 Å². The smallest absolute Gasteiger partial charge is 0.212 e. The fraction of sp³-hybridized carbons (Fsp3) is 0. The number of aromatic nitrogens is 1. The molecule has 0 aliphatic heterocycles. The third kappa shape index (κ3) is 3.90. The molecule has 0 unspecified atom stereocenters. The molecule has 0 aliphatic carbocycles. The number of thiazole rings is 1. The Hall–Kier alpha value is -2.66. The number of anilines is 2. The summed E-state index contributed by atoms with van der Waals surface area (Å²) in [6.07, 6.45) is 1.74. The molecule has 0 amide bonds. The van der Waals surface area contributed by atoms with Gasteiger partial charge in [-0.05, 0) is 24.3 Å². The van der Waals surface area contributed by atoms with Crippen molar-refractivity contribution >= 4 is 33.8 Å². The Balaban J connectivity index is 1.84. The molecule has 1 aromatic heterocycles. The van der Waals surface area contributed by atoms with Crippen LogP contribution in [0.4, 0.5) is 16.5 Å². The first kappa shape index (κ1) is 13.3. The maximum atomic E-state index is 4.51. The summed E-state index contributed by atoms with van der Waals surface area (Å²) in [5.41, 5.74) is 1.94. The monoisotopic (exact) mass is 294 g/mol. The number of hydrogen-bond donors (Lipinski definition) is 2. The summed E-state index contributed by atoms with van der Waals surface area (Å²) in [6, 6.07) is 19.8. The second-order valence-corrected chi connectivity index (χ2v) is 5.13. The molecule has 1 heterocycles. The Bertz CT molecular complexity index is 650. The van der Waals surface area contributed by atoms with Crippen molar-refractivity contribution < 1.29 is 0 Å². The highest BCUT2D eigenvalue weighted by Crippen LogP contribution is 2.17. The number of hydrogen-bond acceptors (Lipinski definition) is 3. The SMILES string of the molecule is c1ccc(NC(=Nc2nccs2)Nc2ccccc2)cc1. The van der Waals surface area contributed by atoms with Crippen molar-refractivity contribution in [2.45, 2.75) is 0 Å². The zero-order valence-corrected chi connectivity index (χ0v) is 12.0. The van der Waals surface area contributed by atoms with Crippen LogP contribution in [0, 0.1) is 0 Å². The lowest BCUT2D eigenvalue weighted by Gasteiger charge is -2.11. The van der Waals surface area contributed by atoms with E-state index in [1.807, 2.05) is 66.0 Å². The fourth-order valence-electron chi connectivity index (χ4n) is 1.77. The minimum atomic E-state index is 0.641. The highest BCUT2D eigenvalue weighted by molar-refractivity contribution is 7.13. The van der Waals surface area contributed by atoms with Gasteiger partial charge in [0.2, 0.25) is 11.1 Å². The van der Waals surface area contributed by atoms with Gasteiger partial charge in [-0.25, -0.2) is 4.98 Å². The number of aliphatic imine (C=N–C) groups is 1. The van der Waals surface area contributed by atoms with Crippen LogP contribution in [0.5, 0.6) is 0 Å². The second kappa shape index (κ2) is 6.67. The van der Waals surface area contributed by atoms with E-state index in [1.54, 1.807) is 6.20 Å². The minimum Gasteiger partial charge on any atom is -0.326 e. The van der Waals surface area contributed by atoms with E-state index in [0.29, 0.717) is 11.1 Å². The van der Waals surface area contributed by atoms with Gasteiger partial charge in [0, 0.05) is 23.0 Å². The van der Waals surface area contributed by atoms with Gasteiger partial charge in [-0.15, -0.1) is 11.3 Å². The quantitative estimate of drug-likeness (QED) is 0.557. The molecule has 3 aromatic rings. The molecule has 0 atom stereocenters. The van der Waals surface area contributed by atoms with Crippen molar-refractivity contribution in [3.05, 3.63) is 72.2 Å². The van der Waals surface area contributed by atoms with Crippen LogP contribution in [0.15, 0.2) is 77.2 Å². The van der Waals surface area contributed by atoms with Crippen LogP contribution < -0.4 is 10.6 Å². The van der Waals surface area contributed by atoms with E-state index >= 15 is 0 Å². The predicted octanol–water partition coefficient (Wildman–Crippen LogP) is 4.35. The molecule has 3 rings (SSSR count). The van der Waals surface area contributed by atoms with Crippen molar-refractivity contribution in [2.24, 2.45) is 4.99 Å². The fourth-order valence-corrected chi connectivity index (χ4v) is 2.28. The van der Waals surface area contributed by atoms with E-state index in [9.17, 15) is 0 Å². The van der Waals surface area contributed by atoms with Gasteiger partial charge in [-0.1, -0.05) is 36.4 Å². The van der Waals surface area contributed by atoms with Crippen LogP contribution in [-0.2, 0) is 0 Å². The lowest BCUT2D eigenvalue weighted by Crippen LogP contribution is -2.21. The lowest BCUT2D eigenvalue weighted by molar-refractivity contribution is 1.34. The Morgan fingerprint density at radius 2 is 1.43 bits per heavy atom. The molecule has 0 fully saturated rings. The van der Waals surface area contributed by atoms with Crippen LogP contribution in [0.3, 0.4) is 0 Å². The average Bonchev–Trinajstić information content (AvgIpc) is 3.02. The minimum absolute atomic E-state index is 0.641. The standard InChI is InChI=1S/C16H14N4S/c1-3-7-13(8-4-1)18-15(20-16-17-11-12-21-16)19-14-9-5-2-6-10-14/h1-12H,(H2,17,18,19,20). The second-order valence-electron chi connectivity index (χ2n) is 4.26. The van der Waals surface area contributed by atoms with Gasteiger partial charge in [0.25, 0.3) is 0 Å². The van der Waals surface area contributed by atoms with E-state index < -0.39 is 0 Å². The third-order valence-electron chi connectivity index (χ3n) is 2.70. The van der Waals surface area contributed by atoms with Crippen molar-refractivity contribution in [1.29, 1.82) is 0 Å². The van der Waals surface area contributed by atoms with Gasteiger partial charge < -0.3 is 10.6 Å². The molecule has 0 aliphatic rings. The summed E-state index contributed by atoms with van der Waals surface area (Å²) in [4.78, 5) is 8.70. The van der Waals surface area contributed by atoms with Gasteiger partial charge in [-0.3, -0.25) is 0 Å². The Morgan fingerprint density at radius 1 is 0.857 bits per heavy atom. The normalized spacial score (nSPS) is 9.90. The average molecular weight is 294 g/mol. The highest BCUT2D eigenvalue weighted by Gasteiger charge is 2.02. The summed E-state index contributed by atoms with van der Waals surface area (Å²) in [5.74, 6) is 0.641. The van der Waals surface area contributed by atoms with Gasteiger partial charge >= 0.3 is 0 Å². The van der Waals surface area contributed by atoms with Crippen LogP contribution in [-0.4, -0.2) is 10.9 Å². The van der Waals surface area contributed by atoms with Gasteiger partial charge in [0.15, 0.2) is 0 Å². The number of nitrogens with one attached hydrogen (secondary N) is 2. The summed E-state index contributed by atoms with van der Waals surface area (Å²) >= 11 is 1.49. The molecular weight excluding hydrogens is 280 g/mol. The number of nitrogens with zero attached hydrogens (tertiary/aromatic N) is 2. The molecule has 0 spiro atoms. The number of para-hydroxylation sites is 2. The molecule has 2 aromatic carbocycles. The molecule has 21 heavy (non-hydrogen) atoms. The molecule has 2 N–H and O–H groups in total. The molecule has 104 valence electrons. The van der Waals surface area contributed by atoms with E-state index in [2.05, 4.69) is 20.6 Å². The van der Waals surface area contributed by atoms with E-state index in [1.165, 1.54) is 11.3 Å². The number of rotatable bonds is 3. The number of guanidine groups is 1. The molecule has 5 heteroatoms. The summed E-state index contributed by atoms with van der Waals surface area (Å²) < 4.78 is 0. The van der Waals surface area contributed by atoms with Crippen LogP contribution in [0.1, 0.15) is 0 Å². The van der Waals surface area contributed by atoms with Crippen molar-refractivity contribution in [2.75, 3.05) is 10.6 Å². The Labute approximate surface area is 127 Å². The van der Waals surface area contributed by atoms with Gasteiger partial charge in [0.1, 0.15) is 0 Å². The van der Waals surface area contributed by atoms with Crippen LogP contribution >= 0.6 is 11.3 Å². The van der Waals surface area contributed by atoms with E-state index in [-0.39, 0.29) is 0 Å². The Morgan fingerprint density at radius 3 is 1.90 bits per heavy atom. The maximum Gasteiger partial charge on any atom is 0.212 e. The predicted molar refractivity (Wildman–Crippen MR) is 89.3 cm³/mol. The maximum absolute atomic E-state index is 4.51. The van der Waals surface area contributed by atoms with Gasteiger partial charge in [0.05, 0.1) is 0 Å². The van der Waals surface area contributed by atoms with E-state index in [0.717, 1.165) is 11.4 Å². The number of benzene rings is 2. The van der Waals surface area contributed by atoms with Gasteiger partial charge in [-0.2, -0.15) is 4.99 Å². The molecule has 0 radical (unpaired) electrons. The molecule has 4 nitrogen and oxygen atoms in total. The van der Waals surface area contributed by atoms with Crippen LogP contribution in [0.25, 0.3) is 0 Å². The molecule has 0 bridgehead atoms. The Kier molecular flexibility index (Phi) is 4.24. The lowest BCUT2D eigenvalue weighted by atomic mass is 10.3. The highest BCUT2D eigenvalue weighted by atomic mass is 32.1. The first-order valence-corrected chi connectivity index (χ1v) is 7.40. The van der Waals surface area contributed by atoms with Crippen LogP contribution in [0.2, 0.25) is 0 Å².